The molecule has 3 heteroatoms. The first-order valence-corrected chi connectivity index (χ1v) is 6.37. The van der Waals surface area contributed by atoms with Crippen LogP contribution in [0.5, 0.6) is 0 Å². The maximum atomic E-state index is 10.9. The number of anilines is 1. The summed E-state index contributed by atoms with van der Waals surface area (Å²) in [6.07, 6.45) is 2.19. The van der Waals surface area contributed by atoms with Gasteiger partial charge in [-0.1, -0.05) is 32.9 Å². The smallest absolute Gasteiger partial charge is 0.221 e. The van der Waals surface area contributed by atoms with Crippen LogP contribution in [0.25, 0.3) is 0 Å². The number of hydrogen-bond acceptors (Lipinski definition) is 2. The fraction of sp³-hybridized carbons (Fsp3) is 0.467. The quantitative estimate of drug-likeness (QED) is 0.759. The highest BCUT2D eigenvalue weighted by Gasteiger charge is 2.01. The Bertz CT molecular complexity index is 360. The molecular formula is C15H26N2O. The summed E-state index contributed by atoms with van der Waals surface area (Å²) in [5, 5.41) is 8.91. The summed E-state index contributed by atoms with van der Waals surface area (Å²) in [5.74, 6) is -0.0136. The molecule has 0 aliphatic heterocycles. The highest BCUT2D eigenvalue weighted by Crippen LogP contribution is 2.17. The van der Waals surface area contributed by atoms with Crippen LogP contribution in [-0.2, 0) is 11.2 Å². The molecule has 0 aromatic heterocycles. The zero-order chi connectivity index (χ0) is 14.6. The number of amides is 1. The standard InChI is InChI=1S/C11H15NO.C2H5N.C2H6/c1-4-10-6-5-8(2)7-11(10)12-9(3)13;1-2-3;1-2/h5-7H,4H2,1-3H3,(H,12,13);2-3H,1H3;1-2H3. The van der Waals surface area contributed by atoms with E-state index in [0.29, 0.717) is 0 Å². The van der Waals surface area contributed by atoms with Crippen LogP contribution in [0.1, 0.15) is 45.7 Å². The zero-order valence-corrected chi connectivity index (χ0v) is 12.4. The van der Waals surface area contributed by atoms with E-state index >= 15 is 0 Å². The Hall–Kier alpha value is -1.64. The number of nitrogens with one attached hydrogen (secondary N) is 2. The van der Waals surface area contributed by atoms with E-state index in [2.05, 4.69) is 24.4 Å². The van der Waals surface area contributed by atoms with Crippen molar-refractivity contribution in [2.45, 2.75) is 48.0 Å². The average molecular weight is 250 g/mol. The summed E-state index contributed by atoms with van der Waals surface area (Å²) >= 11 is 0. The Labute approximate surface area is 111 Å². The lowest BCUT2D eigenvalue weighted by Gasteiger charge is -2.08. The van der Waals surface area contributed by atoms with Crippen LogP contribution < -0.4 is 5.32 Å². The van der Waals surface area contributed by atoms with Crippen LogP contribution in [0.15, 0.2) is 18.2 Å². The van der Waals surface area contributed by atoms with Crippen molar-refractivity contribution in [2.24, 2.45) is 0 Å². The molecule has 0 saturated carbocycles. The molecule has 0 aliphatic rings. The Balaban J connectivity index is 0. The Morgan fingerprint density at radius 1 is 1.39 bits per heavy atom. The van der Waals surface area contributed by atoms with E-state index in [1.54, 1.807) is 6.92 Å². The van der Waals surface area contributed by atoms with Crippen LogP contribution >= 0.6 is 0 Å². The van der Waals surface area contributed by atoms with Gasteiger partial charge in [0.15, 0.2) is 0 Å². The average Bonchev–Trinajstić information content (AvgIpc) is 2.32. The molecule has 3 nitrogen and oxygen atoms in total. The molecule has 0 aliphatic carbocycles. The molecule has 1 amide bonds. The summed E-state index contributed by atoms with van der Waals surface area (Å²) in [6.45, 7) is 11.3. The Morgan fingerprint density at radius 3 is 2.28 bits per heavy atom. The predicted molar refractivity (Wildman–Crippen MR) is 80.7 cm³/mol. The summed E-state index contributed by atoms with van der Waals surface area (Å²) in [4.78, 5) is 10.9. The topological polar surface area (TPSA) is 53.0 Å². The molecule has 102 valence electrons. The van der Waals surface area contributed by atoms with Crippen molar-refractivity contribution in [1.29, 1.82) is 5.41 Å². The molecule has 2 N–H and O–H groups in total. The SMILES string of the molecule is CC.CC=N.CCc1ccc(C)cc1NC(C)=O. The van der Waals surface area contributed by atoms with Crippen molar-refractivity contribution in [3.63, 3.8) is 0 Å². The molecule has 0 bridgehead atoms. The minimum atomic E-state index is -0.0136. The largest absolute Gasteiger partial charge is 0.326 e. The lowest BCUT2D eigenvalue weighted by molar-refractivity contribution is -0.114. The van der Waals surface area contributed by atoms with E-state index < -0.39 is 0 Å². The third-order valence-electron chi connectivity index (χ3n) is 1.96. The number of carbonyl (C=O) groups is 1. The molecule has 0 radical (unpaired) electrons. The van der Waals surface area contributed by atoms with Gasteiger partial charge >= 0.3 is 0 Å². The van der Waals surface area contributed by atoms with Gasteiger partial charge in [-0.3, -0.25) is 4.79 Å². The normalized spacial score (nSPS) is 8.11. The molecule has 1 rings (SSSR count). The second kappa shape index (κ2) is 11.8. The van der Waals surface area contributed by atoms with Gasteiger partial charge in [0.2, 0.25) is 5.91 Å². The molecule has 0 saturated heterocycles. The summed E-state index contributed by atoms with van der Waals surface area (Å²) in [6, 6.07) is 6.12. The van der Waals surface area contributed by atoms with Crippen molar-refractivity contribution in [1.82, 2.24) is 0 Å². The van der Waals surface area contributed by atoms with Crippen LogP contribution in [0.3, 0.4) is 0 Å². The maximum absolute atomic E-state index is 10.9. The van der Waals surface area contributed by atoms with Crippen molar-refractivity contribution in [3.05, 3.63) is 29.3 Å². The second-order valence-electron chi connectivity index (χ2n) is 3.48. The molecule has 0 atom stereocenters. The van der Waals surface area contributed by atoms with Gasteiger partial charge in [0.1, 0.15) is 0 Å². The van der Waals surface area contributed by atoms with Gasteiger partial charge in [0, 0.05) is 12.6 Å². The minimum Gasteiger partial charge on any atom is -0.326 e. The third kappa shape index (κ3) is 8.50. The molecule has 0 unspecified atom stereocenters. The van der Waals surface area contributed by atoms with E-state index in [9.17, 15) is 4.79 Å². The van der Waals surface area contributed by atoms with Gasteiger partial charge in [0.05, 0.1) is 0 Å². The number of aryl methyl sites for hydroxylation is 2. The van der Waals surface area contributed by atoms with Gasteiger partial charge in [-0.15, -0.1) is 0 Å². The van der Waals surface area contributed by atoms with E-state index in [1.807, 2.05) is 26.8 Å². The summed E-state index contributed by atoms with van der Waals surface area (Å²) in [7, 11) is 0. The van der Waals surface area contributed by atoms with Crippen LogP contribution in [0, 0.1) is 12.3 Å². The highest BCUT2D eigenvalue weighted by molar-refractivity contribution is 5.89. The molecule has 1 aromatic rings. The molecule has 0 heterocycles. The molecular weight excluding hydrogens is 224 g/mol. The van der Waals surface area contributed by atoms with Gasteiger partial charge < -0.3 is 10.7 Å². The number of hydrogen-bond donors (Lipinski definition) is 2. The fourth-order valence-corrected chi connectivity index (χ4v) is 1.30. The molecule has 0 fully saturated rings. The molecule has 1 aromatic carbocycles. The second-order valence-corrected chi connectivity index (χ2v) is 3.48. The zero-order valence-electron chi connectivity index (χ0n) is 12.4. The van der Waals surface area contributed by atoms with E-state index in [-0.39, 0.29) is 5.91 Å². The lowest BCUT2D eigenvalue weighted by atomic mass is 10.1. The van der Waals surface area contributed by atoms with Crippen molar-refractivity contribution < 1.29 is 4.79 Å². The lowest BCUT2D eigenvalue weighted by Crippen LogP contribution is -2.08. The highest BCUT2D eigenvalue weighted by atomic mass is 16.1. The maximum Gasteiger partial charge on any atom is 0.221 e. The number of carbonyl (C=O) groups excluding carboxylic acids is 1. The van der Waals surface area contributed by atoms with Crippen LogP contribution in [-0.4, -0.2) is 12.1 Å². The Morgan fingerprint density at radius 2 is 1.89 bits per heavy atom. The van der Waals surface area contributed by atoms with E-state index in [4.69, 9.17) is 5.41 Å². The van der Waals surface area contributed by atoms with Crippen molar-refractivity contribution >= 4 is 17.8 Å². The van der Waals surface area contributed by atoms with Crippen LogP contribution in [0.4, 0.5) is 5.69 Å². The number of rotatable bonds is 2. The van der Waals surface area contributed by atoms with Crippen LogP contribution in [0.2, 0.25) is 0 Å². The predicted octanol–water partition coefficient (Wildman–Crippen LogP) is 4.20. The first kappa shape index (κ1) is 18.7. The van der Waals surface area contributed by atoms with Gasteiger partial charge in [0.25, 0.3) is 0 Å². The van der Waals surface area contributed by atoms with Gasteiger partial charge in [-0.25, -0.2) is 0 Å². The first-order valence-electron chi connectivity index (χ1n) is 6.37. The monoisotopic (exact) mass is 250 g/mol. The van der Waals surface area contributed by atoms with Crippen molar-refractivity contribution in [3.8, 4) is 0 Å². The van der Waals surface area contributed by atoms with E-state index in [0.717, 1.165) is 12.1 Å². The number of benzene rings is 1. The fourth-order valence-electron chi connectivity index (χ4n) is 1.30. The van der Waals surface area contributed by atoms with Gasteiger partial charge in [-0.2, -0.15) is 0 Å². The molecule has 18 heavy (non-hydrogen) atoms. The summed E-state index contributed by atoms with van der Waals surface area (Å²) < 4.78 is 0. The summed E-state index contributed by atoms with van der Waals surface area (Å²) in [5.41, 5.74) is 3.29. The third-order valence-corrected chi connectivity index (χ3v) is 1.96. The van der Waals surface area contributed by atoms with E-state index in [1.165, 1.54) is 24.3 Å². The Kier molecular flexibility index (Phi) is 12.3. The molecule has 0 spiro atoms. The van der Waals surface area contributed by atoms with Gasteiger partial charge in [-0.05, 0) is 43.7 Å². The minimum absolute atomic E-state index is 0.0136. The van der Waals surface area contributed by atoms with Crippen molar-refractivity contribution in [2.75, 3.05) is 5.32 Å². The first-order chi connectivity index (χ1) is 8.54.